The van der Waals surface area contributed by atoms with E-state index in [2.05, 4.69) is 23.1 Å². The van der Waals surface area contributed by atoms with E-state index < -0.39 is 0 Å². The molecule has 1 fully saturated rings. The third kappa shape index (κ3) is 3.88. The molecule has 3 rings (SSSR count). The van der Waals surface area contributed by atoms with E-state index in [1.807, 2.05) is 18.2 Å². The number of Topliss-reactive ketones (excluding diaryl/α,β-unsaturated/α-hetero) is 1. The van der Waals surface area contributed by atoms with E-state index in [1.165, 1.54) is 5.56 Å². The zero-order valence-electron chi connectivity index (χ0n) is 15.4. The number of anilines is 1. The topological polar surface area (TPSA) is 53.3 Å². The molecule has 2 aromatic carbocycles. The maximum atomic E-state index is 11.7. The molecule has 1 saturated heterocycles. The summed E-state index contributed by atoms with van der Waals surface area (Å²) in [5, 5.41) is 9.41. The van der Waals surface area contributed by atoms with Crippen molar-refractivity contribution in [2.75, 3.05) is 25.1 Å². The number of methoxy groups -OCH3 is 1. The van der Waals surface area contributed by atoms with Crippen LogP contribution < -0.4 is 9.64 Å². The molecule has 1 heterocycles. The summed E-state index contributed by atoms with van der Waals surface area (Å²) in [5.74, 6) is 1.58. The van der Waals surface area contributed by atoms with Gasteiger partial charge in [0.1, 0.15) is 11.8 Å². The number of nitriles is 1. The minimum atomic E-state index is 0.0294. The minimum absolute atomic E-state index is 0.0294. The molecule has 0 N–H and O–H groups in total. The second-order valence-corrected chi connectivity index (χ2v) is 6.85. The van der Waals surface area contributed by atoms with Gasteiger partial charge in [0.15, 0.2) is 5.78 Å². The average molecular weight is 348 g/mol. The number of ether oxygens (including phenoxy) is 1. The predicted octanol–water partition coefficient (Wildman–Crippen LogP) is 4.23. The molecule has 0 saturated carbocycles. The molecule has 0 radical (unpaired) electrons. The van der Waals surface area contributed by atoms with Gasteiger partial charge in [-0.1, -0.05) is 18.2 Å². The zero-order valence-corrected chi connectivity index (χ0v) is 15.4. The van der Waals surface area contributed by atoms with Crippen LogP contribution >= 0.6 is 0 Å². The van der Waals surface area contributed by atoms with Gasteiger partial charge in [-0.2, -0.15) is 5.26 Å². The molecule has 134 valence electrons. The van der Waals surface area contributed by atoms with Crippen molar-refractivity contribution < 1.29 is 9.53 Å². The Morgan fingerprint density at radius 1 is 1.23 bits per heavy atom. The van der Waals surface area contributed by atoms with Gasteiger partial charge in [0, 0.05) is 18.7 Å². The number of nitrogens with zero attached hydrogens (tertiary/aromatic N) is 2. The number of para-hydroxylation sites is 1. The first-order valence-electron chi connectivity index (χ1n) is 9.04. The predicted molar refractivity (Wildman–Crippen MR) is 103 cm³/mol. The van der Waals surface area contributed by atoms with Crippen LogP contribution in [-0.4, -0.2) is 26.0 Å². The van der Waals surface area contributed by atoms with Crippen LogP contribution in [0.2, 0.25) is 0 Å². The van der Waals surface area contributed by atoms with Crippen molar-refractivity contribution in [1.82, 2.24) is 0 Å². The Balaban J connectivity index is 1.70. The van der Waals surface area contributed by atoms with Gasteiger partial charge in [0.25, 0.3) is 0 Å². The summed E-state index contributed by atoms with van der Waals surface area (Å²) in [6, 6.07) is 15.8. The number of hydrogen-bond acceptors (Lipinski definition) is 4. The molecule has 0 unspecified atom stereocenters. The largest absolute Gasteiger partial charge is 0.496 e. The molecular weight excluding hydrogens is 324 g/mol. The Labute approximate surface area is 155 Å². The van der Waals surface area contributed by atoms with E-state index in [-0.39, 0.29) is 5.78 Å². The highest BCUT2D eigenvalue weighted by Crippen LogP contribution is 2.30. The van der Waals surface area contributed by atoms with Gasteiger partial charge in [-0.3, -0.25) is 4.79 Å². The van der Waals surface area contributed by atoms with Crippen LogP contribution in [0.4, 0.5) is 5.69 Å². The SMILES string of the molecule is COc1ccccc1CC1CCN(c2cc(C(C)=O)ccc2C#N)CC1. The number of carbonyl (C=O) groups is 1. The highest BCUT2D eigenvalue weighted by Gasteiger charge is 2.22. The number of benzene rings is 2. The lowest BCUT2D eigenvalue weighted by atomic mass is 9.89. The van der Waals surface area contributed by atoms with E-state index >= 15 is 0 Å². The van der Waals surface area contributed by atoms with Gasteiger partial charge in [0.2, 0.25) is 0 Å². The van der Waals surface area contributed by atoms with Crippen LogP contribution in [0.15, 0.2) is 42.5 Å². The first kappa shape index (κ1) is 18.0. The van der Waals surface area contributed by atoms with Gasteiger partial charge in [-0.05, 0) is 61.9 Å². The zero-order chi connectivity index (χ0) is 18.5. The highest BCUT2D eigenvalue weighted by atomic mass is 16.5. The van der Waals surface area contributed by atoms with Crippen molar-refractivity contribution >= 4 is 11.5 Å². The molecule has 0 atom stereocenters. The Kier molecular flexibility index (Phi) is 5.58. The Morgan fingerprint density at radius 2 is 1.96 bits per heavy atom. The number of rotatable bonds is 5. The van der Waals surface area contributed by atoms with Crippen molar-refractivity contribution in [2.24, 2.45) is 5.92 Å². The first-order chi connectivity index (χ1) is 12.6. The molecule has 4 heteroatoms. The smallest absolute Gasteiger partial charge is 0.159 e. The van der Waals surface area contributed by atoms with Gasteiger partial charge >= 0.3 is 0 Å². The van der Waals surface area contributed by atoms with Crippen LogP contribution in [0.3, 0.4) is 0 Å². The van der Waals surface area contributed by atoms with Crippen LogP contribution in [0.25, 0.3) is 0 Å². The van der Waals surface area contributed by atoms with Crippen molar-refractivity contribution in [1.29, 1.82) is 5.26 Å². The normalized spacial score (nSPS) is 14.7. The van der Waals surface area contributed by atoms with E-state index in [1.54, 1.807) is 26.2 Å². The Hall–Kier alpha value is -2.80. The fourth-order valence-electron chi connectivity index (χ4n) is 3.67. The van der Waals surface area contributed by atoms with E-state index in [0.717, 1.165) is 43.8 Å². The molecule has 0 amide bonds. The molecule has 26 heavy (non-hydrogen) atoms. The van der Waals surface area contributed by atoms with Crippen molar-refractivity contribution in [3.8, 4) is 11.8 Å². The third-order valence-corrected chi connectivity index (χ3v) is 5.18. The Morgan fingerprint density at radius 3 is 2.62 bits per heavy atom. The van der Waals surface area contributed by atoms with Crippen molar-refractivity contribution in [3.05, 3.63) is 59.2 Å². The van der Waals surface area contributed by atoms with Gasteiger partial charge in [-0.25, -0.2) is 0 Å². The standard InChI is InChI=1S/C22H24N2O2/c1-16(25)18-7-8-20(15-23)21(14-18)24-11-9-17(10-12-24)13-19-5-3-4-6-22(19)26-2/h3-8,14,17H,9-13H2,1-2H3. The maximum absolute atomic E-state index is 11.7. The monoisotopic (exact) mass is 348 g/mol. The molecule has 1 aliphatic heterocycles. The number of piperidine rings is 1. The lowest BCUT2D eigenvalue weighted by Crippen LogP contribution is -2.35. The van der Waals surface area contributed by atoms with Crippen LogP contribution in [0.5, 0.6) is 5.75 Å². The minimum Gasteiger partial charge on any atom is -0.496 e. The number of hydrogen-bond donors (Lipinski definition) is 0. The van der Waals surface area contributed by atoms with Crippen LogP contribution in [-0.2, 0) is 6.42 Å². The quantitative estimate of drug-likeness (QED) is 0.759. The molecule has 4 nitrogen and oxygen atoms in total. The summed E-state index contributed by atoms with van der Waals surface area (Å²) >= 11 is 0. The summed E-state index contributed by atoms with van der Waals surface area (Å²) in [6.45, 7) is 3.36. The summed E-state index contributed by atoms with van der Waals surface area (Å²) in [6.07, 6.45) is 3.14. The van der Waals surface area contributed by atoms with E-state index in [0.29, 0.717) is 17.0 Å². The van der Waals surface area contributed by atoms with Crippen molar-refractivity contribution in [3.63, 3.8) is 0 Å². The summed E-state index contributed by atoms with van der Waals surface area (Å²) in [5.41, 5.74) is 3.44. The molecular formula is C22H24N2O2. The molecule has 0 bridgehead atoms. The van der Waals surface area contributed by atoms with Gasteiger partial charge in [-0.15, -0.1) is 0 Å². The van der Waals surface area contributed by atoms with Crippen LogP contribution in [0.1, 0.15) is 41.3 Å². The van der Waals surface area contributed by atoms with Crippen molar-refractivity contribution in [2.45, 2.75) is 26.2 Å². The second kappa shape index (κ2) is 8.05. The first-order valence-corrected chi connectivity index (χ1v) is 9.04. The lowest BCUT2D eigenvalue weighted by molar-refractivity contribution is 0.101. The molecule has 1 aliphatic rings. The maximum Gasteiger partial charge on any atom is 0.159 e. The third-order valence-electron chi connectivity index (χ3n) is 5.18. The fraction of sp³-hybridized carbons (Fsp3) is 0.364. The fourth-order valence-corrected chi connectivity index (χ4v) is 3.67. The number of ketones is 1. The molecule has 2 aromatic rings. The second-order valence-electron chi connectivity index (χ2n) is 6.85. The van der Waals surface area contributed by atoms with Crippen LogP contribution in [0, 0.1) is 17.2 Å². The van der Waals surface area contributed by atoms with E-state index in [4.69, 9.17) is 4.74 Å². The average Bonchev–Trinajstić information content (AvgIpc) is 2.68. The summed E-state index contributed by atoms with van der Waals surface area (Å²) in [4.78, 5) is 13.9. The molecule has 0 spiro atoms. The lowest BCUT2D eigenvalue weighted by Gasteiger charge is -2.34. The van der Waals surface area contributed by atoms with Gasteiger partial charge < -0.3 is 9.64 Å². The number of carbonyl (C=O) groups excluding carboxylic acids is 1. The summed E-state index contributed by atoms with van der Waals surface area (Å²) < 4.78 is 5.46. The molecule has 0 aromatic heterocycles. The summed E-state index contributed by atoms with van der Waals surface area (Å²) in [7, 11) is 1.72. The highest BCUT2D eigenvalue weighted by molar-refractivity contribution is 5.95. The Bertz CT molecular complexity index is 830. The molecule has 0 aliphatic carbocycles. The van der Waals surface area contributed by atoms with Gasteiger partial charge in [0.05, 0.1) is 18.4 Å². The van der Waals surface area contributed by atoms with E-state index in [9.17, 15) is 10.1 Å².